The maximum Gasteiger partial charge on any atom is 0.313 e. The zero-order chi connectivity index (χ0) is 10.7. The van der Waals surface area contributed by atoms with Crippen LogP contribution in [0.25, 0.3) is 0 Å². The maximum absolute atomic E-state index is 11.6. The number of nitrogens with two attached hydrogens (primary N) is 1. The van der Waals surface area contributed by atoms with Crippen LogP contribution in [0.3, 0.4) is 0 Å². The number of carbonyl (C=O) groups is 1. The summed E-state index contributed by atoms with van der Waals surface area (Å²) >= 11 is 0. The Bertz CT molecular complexity index is 178. The van der Waals surface area contributed by atoms with E-state index in [-0.39, 0.29) is 5.97 Å². The molecule has 0 unspecified atom stereocenters. The van der Waals surface area contributed by atoms with Crippen LogP contribution in [0.4, 0.5) is 0 Å². The lowest BCUT2D eigenvalue weighted by Gasteiger charge is -2.29. The number of rotatable bonds is 3. The number of hydrogen-bond donors (Lipinski definition) is 1. The molecule has 78 valence electrons. The molecular weight excluding hydrogens is 166 g/mol. The molecule has 1 atom stereocenters. The van der Waals surface area contributed by atoms with E-state index in [1.807, 2.05) is 34.6 Å². The molecule has 0 aliphatic rings. The van der Waals surface area contributed by atoms with E-state index in [1.165, 1.54) is 0 Å². The Labute approximate surface area is 80.6 Å². The molecule has 0 aromatic rings. The Balaban J connectivity index is 4.41. The summed E-state index contributed by atoms with van der Waals surface area (Å²) in [5.74, 6) is -0.204. The van der Waals surface area contributed by atoms with Crippen LogP contribution < -0.4 is 5.73 Å². The van der Waals surface area contributed by atoms with E-state index in [2.05, 4.69) is 0 Å². The summed E-state index contributed by atoms with van der Waals surface area (Å²) in [5, 5.41) is 0. The van der Waals surface area contributed by atoms with Gasteiger partial charge >= 0.3 is 5.97 Å². The molecule has 0 amide bonds. The quantitative estimate of drug-likeness (QED) is 0.684. The molecule has 3 heteroatoms. The van der Waals surface area contributed by atoms with Crippen LogP contribution in [-0.4, -0.2) is 18.1 Å². The Kier molecular flexibility index (Phi) is 3.91. The molecule has 13 heavy (non-hydrogen) atoms. The lowest BCUT2D eigenvalue weighted by Crippen LogP contribution is -2.40. The predicted molar refractivity (Wildman–Crippen MR) is 53.3 cm³/mol. The molecule has 0 fully saturated rings. The van der Waals surface area contributed by atoms with Gasteiger partial charge in [-0.3, -0.25) is 4.79 Å². The van der Waals surface area contributed by atoms with Crippen LogP contribution in [0.1, 0.15) is 41.0 Å². The number of esters is 1. The van der Waals surface area contributed by atoms with Crippen LogP contribution in [0.5, 0.6) is 0 Å². The highest BCUT2D eigenvalue weighted by Gasteiger charge is 2.33. The van der Waals surface area contributed by atoms with Gasteiger partial charge in [-0.05, 0) is 34.1 Å². The van der Waals surface area contributed by atoms with E-state index in [4.69, 9.17) is 10.5 Å². The van der Waals surface area contributed by atoms with Crippen molar-refractivity contribution in [3.8, 4) is 0 Å². The van der Waals surface area contributed by atoms with E-state index in [0.717, 1.165) is 0 Å². The average Bonchev–Trinajstić information content (AvgIpc) is 2.00. The summed E-state index contributed by atoms with van der Waals surface area (Å²) in [4.78, 5) is 11.6. The van der Waals surface area contributed by atoms with Gasteiger partial charge in [0.1, 0.15) is 5.60 Å². The largest absolute Gasteiger partial charge is 0.460 e. The third kappa shape index (κ3) is 3.77. The molecule has 0 heterocycles. The molecule has 0 bridgehead atoms. The van der Waals surface area contributed by atoms with Gasteiger partial charge in [-0.15, -0.1) is 0 Å². The van der Waals surface area contributed by atoms with Gasteiger partial charge in [0.25, 0.3) is 0 Å². The second-order valence-corrected chi connectivity index (χ2v) is 4.62. The van der Waals surface area contributed by atoms with Crippen molar-refractivity contribution in [2.75, 3.05) is 6.54 Å². The molecule has 2 N–H and O–H groups in total. The first-order chi connectivity index (χ1) is 5.75. The Hall–Kier alpha value is -0.570. The highest BCUT2D eigenvalue weighted by molar-refractivity contribution is 5.77. The van der Waals surface area contributed by atoms with Crippen molar-refractivity contribution < 1.29 is 9.53 Å². The van der Waals surface area contributed by atoms with Crippen molar-refractivity contribution in [2.45, 2.75) is 46.6 Å². The monoisotopic (exact) mass is 187 g/mol. The first kappa shape index (κ1) is 12.4. The second kappa shape index (κ2) is 4.09. The van der Waals surface area contributed by atoms with E-state index in [9.17, 15) is 4.79 Å². The average molecular weight is 187 g/mol. The summed E-state index contributed by atoms with van der Waals surface area (Å²) in [5.41, 5.74) is 4.57. The van der Waals surface area contributed by atoms with Crippen molar-refractivity contribution in [3.63, 3.8) is 0 Å². The first-order valence-corrected chi connectivity index (χ1v) is 4.68. The Morgan fingerprint density at radius 3 is 2.00 bits per heavy atom. The van der Waals surface area contributed by atoms with Gasteiger partial charge in [0.05, 0.1) is 5.41 Å². The third-order valence-electron chi connectivity index (χ3n) is 2.12. The summed E-state index contributed by atoms with van der Waals surface area (Å²) in [6.45, 7) is 9.68. The summed E-state index contributed by atoms with van der Waals surface area (Å²) in [7, 11) is 0. The highest BCUT2D eigenvalue weighted by atomic mass is 16.6. The lowest BCUT2D eigenvalue weighted by atomic mass is 9.88. The minimum atomic E-state index is -0.534. The zero-order valence-electron chi connectivity index (χ0n) is 9.31. The van der Waals surface area contributed by atoms with Gasteiger partial charge in [0.15, 0.2) is 0 Å². The predicted octanol–water partition coefficient (Wildman–Crippen LogP) is 1.70. The Morgan fingerprint density at radius 1 is 1.31 bits per heavy atom. The fourth-order valence-corrected chi connectivity index (χ4v) is 0.773. The molecule has 0 saturated heterocycles. The first-order valence-electron chi connectivity index (χ1n) is 4.68. The second-order valence-electron chi connectivity index (χ2n) is 4.62. The minimum Gasteiger partial charge on any atom is -0.460 e. The SMILES string of the molecule is CC[C@](C)(CN)C(=O)OC(C)(C)C. The van der Waals surface area contributed by atoms with Crippen molar-refractivity contribution in [1.29, 1.82) is 0 Å². The van der Waals surface area contributed by atoms with Gasteiger partial charge < -0.3 is 10.5 Å². The van der Waals surface area contributed by atoms with Gasteiger partial charge in [-0.2, -0.15) is 0 Å². The molecule has 0 radical (unpaired) electrons. The van der Waals surface area contributed by atoms with Crippen LogP contribution in [0, 0.1) is 5.41 Å². The maximum atomic E-state index is 11.6. The van der Waals surface area contributed by atoms with Gasteiger partial charge in [-0.1, -0.05) is 6.92 Å². The summed E-state index contributed by atoms with van der Waals surface area (Å²) in [6, 6.07) is 0. The van der Waals surface area contributed by atoms with Crippen molar-refractivity contribution in [3.05, 3.63) is 0 Å². The lowest BCUT2D eigenvalue weighted by molar-refractivity contribution is -0.166. The highest BCUT2D eigenvalue weighted by Crippen LogP contribution is 2.24. The number of hydrogen-bond acceptors (Lipinski definition) is 3. The zero-order valence-corrected chi connectivity index (χ0v) is 9.31. The molecule has 0 aromatic carbocycles. The van der Waals surface area contributed by atoms with E-state index < -0.39 is 11.0 Å². The smallest absolute Gasteiger partial charge is 0.313 e. The van der Waals surface area contributed by atoms with Crippen LogP contribution in [-0.2, 0) is 9.53 Å². The van der Waals surface area contributed by atoms with Crippen LogP contribution >= 0.6 is 0 Å². The van der Waals surface area contributed by atoms with Crippen LogP contribution in [0.15, 0.2) is 0 Å². The topological polar surface area (TPSA) is 52.3 Å². The fourth-order valence-electron chi connectivity index (χ4n) is 0.773. The van der Waals surface area contributed by atoms with Crippen molar-refractivity contribution in [2.24, 2.45) is 11.1 Å². The van der Waals surface area contributed by atoms with E-state index in [0.29, 0.717) is 13.0 Å². The standard InChI is InChI=1S/C10H21NO2/c1-6-10(5,7-11)8(12)13-9(2,3)4/h6-7,11H2,1-5H3/t10-/m1/s1. The molecule has 0 spiro atoms. The number of ether oxygens (including phenoxy) is 1. The van der Waals surface area contributed by atoms with Crippen molar-refractivity contribution in [1.82, 2.24) is 0 Å². The van der Waals surface area contributed by atoms with Crippen molar-refractivity contribution >= 4 is 5.97 Å². The molecule has 0 aliphatic carbocycles. The molecule has 0 saturated carbocycles. The molecule has 0 aromatic heterocycles. The molecule has 3 nitrogen and oxygen atoms in total. The minimum absolute atomic E-state index is 0.204. The van der Waals surface area contributed by atoms with E-state index >= 15 is 0 Å². The number of carbonyl (C=O) groups excluding carboxylic acids is 1. The normalized spacial score (nSPS) is 16.5. The fraction of sp³-hybridized carbons (Fsp3) is 0.900. The molecule has 0 aliphatic heterocycles. The summed E-state index contributed by atoms with van der Waals surface area (Å²) < 4.78 is 5.27. The molecular formula is C10H21NO2. The Morgan fingerprint density at radius 2 is 1.77 bits per heavy atom. The third-order valence-corrected chi connectivity index (χ3v) is 2.12. The van der Waals surface area contributed by atoms with E-state index in [1.54, 1.807) is 0 Å². The molecule has 0 rings (SSSR count). The summed E-state index contributed by atoms with van der Waals surface area (Å²) in [6.07, 6.45) is 0.707. The van der Waals surface area contributed by atoms with Crippen LogP contribution in [0.2, 0.25) is 0 Å². The van der Waals surface area contributed by atoms with Gasteiger partial charge in [0, 0.05) is 6.54 Å². The van der Waals surface area contributed by atoms with Gasteiger partial charge in [-0.25, -0.2) is 0 Å². The van der Waals surface area contributed by atoms with Gasteiger partial charge in [0.2, 0.25) is 0 Å².